The minimum atomic E-state index is -4.77. The van der Waals surface area contributed by atoms with Crippen molar-refractivity contribution in [2.45, 2.75) is 4.90 Å². The summed E-state index contributed by atoms with van der Waals surface area (Å²) in [5.41, 5.74) is 0.181. The van der Waals surface area contributed by atoms with E-state index in [4.69, 9.17) is 11.6 Å². The van der Waals surface area contributed by atoms with Gasteiger partial charge in [0.15, 0.2) is 0 Å². The Hall–Kier alpha value is -0.790. The van der Waals surface area contributed by atoms with Gasteiger partial charge in [-0.25, -0.2) is 0 Å². The second kappa shape index (κ2) is 3.11. The number of halogens is 2. The van der Waals surface area contributed by atoms with Crippen LogP contribution >= 0.6 is 23.3 Å². The number of benzene rings is 1. The SMILES string of the molecule is O=S(=O)(F)c1ccc(Cl)c2nsnc12. The highest BCUT2D eigenvalue weighted by Gasteiger charge is 2.19. The zero-order valence-corrected chi connectivity index (χ0v) is 8.83. The molecule has 2 aromatic rings. The fourth-order valence-electron chi connectivity index (χ4n) is 1.01. The maximum atomic E-state index is 12.7. The lowest BCUT2D eigenvalue weighted by molar-refractivity contribution is 0.553. The van der Waals surface area contributed by atoms with Crippen molar-refractivity contribution in [3.63, 3.8) is 0 Å². The van der Waals surface area contributed by atoms with Crippen molar-refractivity contribution in [2.75, 3.05) is 0 Å². The molecule has 0 aliphatic heterocycles. The second-order valence-corrected chi connectivity index (χ2v) is 4.70. The molecule has 8 heteroatoms. The summed E-state index contributed by atoms with van der Waals surface area (Å²) in [5.74, 6) is 0. The first kappa shape index (κ1) is 9.75. The molecule has 1 aromatic carbocycles. The van der Waals surface area contributed by atoms with Gasteiger partial charge in [-0.15, -0.1) is 3.89 Å². The van der Waals surface area contributed by atoms with Gasteiger partial charge in [-0.3, -0.25) is 0 Å². The van der Waals surface area contributed by atoms with E-state index in [0.717, 1.165) is 17.8 Å². The zero-order chi connectivity index (χ0) is 10.3. The van der Waals surface area contributed by atoms with E-state index in [1.165, 1.54) is 6.07 Å². The Kier molecular flexibility index (Phi) is 2.17. The summed E-state index contributed by atoms with van der Waals surface area (Å²) in [6.45, 7) is 0. The van der Waals surface area contributed by atoms with Crippen molar-refractivity contribution in [1.29, 1.82) is 0 Å². The average molecular weight is 253 g/mol. The first-order valence-corrected chi connectivity index (χ1v) is 5.85. The van der Waals surface area contributed by atoms with Crippen LogP contribution in [0.2, 0.25) is 5.02 Å². The van der Waals surface area contributed by atoms with E-state index in [9.17, 15) is 12.3 Å². The number of hydrogen-bond acceptors (Lipinski definition) is 5. The van der Waals surface area contributed by atoms with Crippen molar-refractivity contribution < 1.29 is 12.3 Å². The van der Waals surface area contributed by atoms with Crippen LogP contribution in [0.25, 0.3) is 11.0 Å². The van der Waals surface area contributed by atoms with Gasteiger partial charge in [0.2, 0.25) is 0 Å². The molecule has 1 heterocycles. The maximum absolute atomic E-state index is 12.7. The lowest BCUT2D eigenvalue weighted by Gasteiger charge is -1.96. The molecular formula is C6H2ClFN2O2S2. The van der Waals surface area contributed by atoms with Crippen molar-refractivity contribution in [3.8, 4) is 0 Å². The predicted octanol–water partition coefficient (Wildman–Crippen LogP) is 2.00. The van der Waals surface area contributed by atoms with E-state index in [1.807, 2.05) is 0 Å². The third-order valence-electron chi connectivity index (χ3n) is 1.59. The molecule has 74 valence electrons. The highest BCUT2D eigenvalue weighted by Crippen LogP contribution is 2.28. The van der Waals surface area contributed by atoms with Crippen LogP contribution in [0.15, 0.2) is 17.0 Å². The van der Waals surface area contributed by atoms with Gasteiger partial charge in [-0.1, -0.05) is 11.6 Å². The molecule has 0 N–H and O–H groups in total. The normalized spacial score (nSPS) is 12.1. The second-order valence-electron chi connectivity index (χ2n) is 2.44. The van der Waals surface area contributed by atoms with Crippen LogP contribution in [-0.4, -0.2) is 17.2 Å². The van der Waals surface area contributed by atoms with E-state index in [1.54, 1.807) is 0 Å². The van der Waals surface area contributed by atoms with Gasteiger partial charge in [0.05, 0.1) is 16.8 Å². The lowest BCUT2D eigenvalue weighted by Crippen LogP contribution is -1.93. The molecule has 4 nitrogen and oxygen atoms in total. The first-order chi connectivity index (χ1) is 6.50. The minimum absolute atomic E-state index is 0.0231. The smallest absolute Gasteiger partial charge is 0.189 e. The topological polar surface area (TPSA) is 59.9 Å². The molecule has 0 saturated carbocycles. The Morgan fingerprint density at radius 1 is 1.29 bits per heavy atom. The predicted molar refractivity (Wildman–Crippen MR) is 50.7 cm³/mol. The Labute approximate surface area is 87.9 Å². The van der Waals surface area contributed by atoms with E-state index in [2.05, 4.69) is 8.75 Å². The van der Waals surface area contributed by atoms with Gasteiger partial charge in [0.1, 0.15) is 15.9 Å². The fraction of sp³-hybridized carbons (Fsp3) is 0. The molecule has 0 atom stereocenters. The van der Waals surface area contributed by atoms with Gasteiger partial charge in [-0.05, 0) is 12.1 Å². The van der Waals surface area contributed by atoms with Gasteiger partial charge < -0.3 is 0 Å². The maximum Gasteiger partial charge on any atom is 0.334 e. The van der Waals surface area contributed by atoms with Gasteiger partial charge in [0.25, 0.3) is 0 Å². The summed E-state index contributed by atoms with van der Waals surface area (Å²) in [4.78, 5) is -0.495. The Balaban J connectivity index is 2.93. The van der Waals surface area contributed by atoms with E-state index in [0.29, 0.717) is 0 Å². The third-order valence-corrected chi connectivity index (χ3v) is 3.28. The van der Waals surface area contributed by atoms with Crippen molar-refractivity contribution >= 4 is 44.6 Å². The number of fused-ring (bicyclic) bond motifs is 1. The van der Waals surface area contributed by atoms with Gasteiger partial charge >= 0.3 is 10.2 Å². The fourth-order valence-corrected chi connectivity index (χ4v) is 2.49. The average Bonchev–Trinajstić information content (AvgIpc) is 2.50. The van der Waals surface area contributed by atoms with Crippen molar-refractivity contribution in [1.82, 2.24) is 8.75 Å². The molecule has 0 bridgehead atoms. The van der Waals surface area contributed by atoms with E-state index >= 15 is 0 Å². The summed E-state index contributed by atoms with van der Waals surface area (Å²) in [5, 5.41) is 0.251. The molecule has 0 unspecified atom stereocenters. The summed E-state index contributed by atoms with van der Waals surface area (Å²) in [6, 6.07) is 2.35. The van der Waals surface area contributed by atoms with Gasteiger partial charge in [-0.2, -0.15) is 17.2 Å². The molecule has 0 radical (unpaired) electrons. The molecule has 0 aliphatic carbocycles. The summed E-state index contributed by atoms with van der Waals surface area (Å²) in [7, 11) is -4.77. The number of aromatic nitrogens is 2. The number of nitrogens with zero attached hydrogens (tertiary/aromatic N) is 2. The van der Waals surface area contributed by atoms with Crippen LogP contribution < -0.4 is 0 Å². The van der Waals surface area contributed by atoms with Crippen LogP contribution in [0.3, 0.4) is 0 Å². The van der Waals surface area contributed by atoms with Crippen molar-refractivity contribution in [2.24, 2.45) is 0 Å². The number of hydrogen-bond donors (Lipinski definition) is 0. The Morgan fingerprint density at radius 3 is 2.57 bits per heavy atom. The van der Waals surface area contributed by atoms with E-state index < -0.39 is 15.1 Å². The lowest BCUT2D eigenvalue weighted by atomic mass is 10.3. The van der Waals surface area contributed by atoms with E-state index in [-0.39, 0.29) is 16.1 Å². The molecule has 0 amide bonds. The highest BCUT2D eigenvalue weighted by atomic mass is 35.5. The minimum Gasteiger partial charge on any atom is -0.189 e. The monoisotopic (exact) mass is 252 g/mol. The Morgan fingerprint density at radius 2 is 1.93 bits per heavy atom. The number of rotatable bonds is 1. The zero-order valence-electron chi connectivity index (χ0n) is 6.44. The summed E-state index contributed by atoms with van der Waals surface area (Å²) in [6.07, 6.45) is 0. The molecule has 2 rings (SSSR count). The highest BCUT2D eigenvalue weighted by molar-refractivity contribution is 7.86. The summed E-state index contributed by atoms with van der Waals surface area (Å²) < 4.78 is 41.5. The standard InChI is InChI=1S/C6H2ClFN2O2S2/c7-3-1-2-4(14(8,11)12)6-5(3)9-13-10-6/h1-2H. The molecule has 0 spiro atoms. The molecular weight excluding hydrogens is 251 g/mol. The largest absolute Gasteiger partial charge is 0.334 e. The third kappa shape index (κ3) is 1.47. The molecule has 1 aromatic heterocycles. The molecule has 0 aliphatic rings. The van der Waals surface area contributed by atoms with Crippen LogP contribution in [0.1, 0.15) is 0 Å². The quantitative estimate of drug-likeness (QED) is 0.729. The summed E-state index contributed by atoms with van der Waals surface area (Å²) >= 11 is 6.49. The van der Waals surface area contributed by atoms with Crippen LogP contribution in [0.4, 0.5) is 3.89 Å². The van der Waals surface area contributed by atoms with Crippen LogP contribution in [0.5, 0.6) is 0 Å². The van der Waals surface area contributed by atoms with Crippen LogP contribution in [0, 0.1) is 0 Å². The molecule has 0 fully saturated rings. The first-order valence-electron chi connectivity index (χ1n) is 3.35. The Bertz CT molecular complexity index is 595. The molecule has 14 heavy (non-hydrogen) atoms. The van der Waals surface area contributed by atoms with Crippen molar-refractivity contribution in [3.05, 3.63) is 17.2 Å². The van der Waals surface area contributed by atoms with Gasteiger partial charge in [0, 0.05) is 0 Å². The molecule has 0 saturated heterocycles. The van der Waals surface area contributed by atoms with Crippen LogP contribution in [-0.2, 0) is 10.2 Å².